The molecule has 0 unspecified atom stereocenters. The monoisotopic (exact) mass is 449 g/mol. The maximum Gasteiger partial charge on any atom is 0.410 e. The molecule has 0 aromatic heterocycles. The first-order chi connectivity index (χ1) is 15.4. The lowest BCUT2D eigenvalue weighted by Crippen LogP contribution is -2.44. The zero-order valence-corrected chi connectivity index (χ0v) is 19.9. The Morgan fingerprint density at radius 1 is 0.969 bits per heavy atom. The first kappa shape index (κ1) is 24.9. The van der Waals surface area contributed by atoms with Crippen molar-refractivity contribution in [2.24, 2.45) is 0 Å². The molecule has 8 nitrogen and oxygen atoms in total. The number of fused-ring (bicyclic) bond motifs is 1. The molecule has 180 valence electrons. The number of benzene rings is 1. The van der Waals surface area contributed by atoms with Gasteiger partial charge in [-0.15, -0.1) is 0 Å². The second kappa shape index (κ2) is 12.5. The fraction of sp³-hybridized carbons (Fsp3) is 0.708. The minimum Gasteiger partial charge on any atom is -0.444 e. The molecule has 0 radical (unpaired) electrons. The number of nitrogens with one attached hydrogen (secondary N) is 1. The first-order valence-electron chi connectivity index (χ1n) is 11.7. The summed E-state index contributed by atoms with van der Waals surface area (Å²) in [6, 6.07) is 6.14. The van der Waals surface area contributed by atoms with Crippen molar-refractivity contribution >= 4 is 6.09 Å². The molecule has 0 saturated carbocycles. The summed E-state index contributed by atoms with van der Waals surface area (Å²) in [5.41, 5.74) is 2.95. The van der Waals surface area contributed by atoms with Crippen LogP contribution in [0.2, 0.25) is 0 Å². The summed E-state index contributed by atoms with van der Waals surface area (Å²) in [5.74, 6) is 0. The third-order valence-corrected chi connectivity index (χ3v) is 5.49. The van der Waals surface area contributed by atoms with Crippen LogP contribution in [0.1, 0.15) is 37.5 Å². The predicted octanol–water partition coefficient (Wildman–Crippen LogP) is 2.39. The highest BCUT2D eigenvalue weighted by atomic mass is 16.6. The second-order valence-electron chi connectivity index (χ2n) is 9.26. The Bertz CT molecular complexity index is 716. The quantitative estimate of drug-likeness (QED) is 0.520. The number of hydrogen-bond acceptors (Lipinski definition) is 7. The molecule has 1 amide bonds. The van der Waals surface area contributed by atoms with Gasteiger partial charge in [0.15, 0.2) is 0 Å². The van der Waals surface area contributed by atoms with Crippen LogP contribution >= 0.6 is 0 Å². The summed E-state index contributed by atoms with van der Waals surface area (Å²) in [6.07, 6.45) is -0.274. The van der Waals surface area contributed by atoms with Crippen LogP contribution in [0, 0.1) is 0 Å². The van der Waals surface area contributed by atoms with Gasteiger partial charge in [-0.2, -0.15) is 0 Å². The molecule has 2 aliphatic rings. The average Bonchev–Trinajstić information content (AvgIpc) is 3.20. The van der Waals surface area contributed by atoms with E-state index >= 15 is 0 Å². The lowest BCUT2D eigenvalue weighted by Gasteiger charge is -2.26. The summed E-state index contributed by atoms with van der Waals surface area (Å²) in [4.78, 5) is 16.5. The first-order valence-corrected chi connectivity index (χ1v) is 11.7. The fourth-order valence-electron chi connectivity index (χ4n) is 3.83. The second-order valence-corrected chi connectivity index (χ2v) is 9.26. The summed E-state index contributed by atoms with van der Waals surface area (Å²) in [7, 11) is 0. The fourth-order valence-corrected chi connectivity index (χ4v) is 3.83. The molecular weight excluding hydrogens is 410 g/mol. The molecule has 8 heteroatoms. The number of rotatable bonds is 11. The number of carbonyl (C=O) groups is 1. The number of piperazine rings is 1. The van der Waals surface area contributed by atoms with Gasteiger partial charge >= 0.3 is 6.09 Å². The maximum absolute atomic E-state index is 12.4. The topological polar surface area (TPSA) is 72.5 Å². The molecule has 0 spiro atoms. The van der Waals surface area contributed by atoms with E-state index < -0.39 is 5.60 Å². The van der Waals surface area contributed by atoms with E-state index in [1.807, 2.05) is 26.8 Å². The zero-order chi connectivity index (χ0) is 22.8. The van der Waals surface area contributed by atoms with E-state index in [9.17, 15) is 4.79 Å². The lowest BCUT2D eigenvalue weighted by molar-refractivity contribution is 0.00646. The van der Waals surface area contributed by atoms with Crippen LogP contribution in [0.3, 0.4) is 0 Å². The van der Waals surface area contributed by atoms with Gasteiger partial charge in [0.05, 0.1) is 46.2 Å². The summed E-state index contributed by atoms with van der Waals surface area (Å²) >= 11 is 0. The number of hydrogen-bond donors (Lipinski definition) is 1. The number of carbonyl (C=O) groups excluding carboxylic acids is 1. The van der Waals surface area contributed by atoms with Crippen LogP contribution in [0.5, 0.6) is 0 Å². The molecule has 0 bridgehead atoms. The SMILES string of the molecule is CC(C)(C)OC(=O)N1Cc2cccc(COCCOCCOCCN3CCNCC3)c2C1. The zero-order valence-electron chi connectivity index (χ0n) is 19.9. The van der Waals surface area contributed by atoms with Crippen molar-refractivity contribution in [1.29, 1.82) is 0 Å². The predicted molar refractivity (Wildman–Crippen MR) is 123 cm³/mol. The summed E-state index contributed by atoms with van der Waals surface area (Å²) in [5, 5.41) is 3.35. The third kappa shape index (κ3) is 8.33. The van der Waals surface area contributed by atoms with Gasteiger partial charge in [-0.05, 0) is 37.5 Å². The van der Waals surface area contributed by atoms with Gasteiger partial charge in [0, 0.05) is 39.3 Å². The van der Waals surface area contributed by atoms with Gasteiger partial charge in [-0.1, -0.05) is 18.2 Å². The van der Waals surface area contributed by atoms with Crippen LogP contribution in [0.25, 0.3) is 0 Å². The van der Waals surface area contributed by atoms with Crippen molar-refractivity contribution in [3.63, 3.8) is 0 Å². The number of ether oxygens (including phenoxy) is 4. The molecule has 1 saturated heterocycles. The molecule has 32 heavy (non-hydrogen) atoms. The number of amides is 1. The van der Waals surface area contributed by atoms with Crippen molar-refractivity contribution in [3.05, 3.63) is 34.9 Å². The van der Waals surface area contributed by atoms with E-state index in [0.29, 0.717) is 46.1 Å². The normalized spacial score (nSPS) is 16.9. The molecule has 1 aromatic carbocycles. The molecule has 1 N–H and O–H groups in total. The highest BCUT2D eigenvalue weighted by molar-refractivity contribution is 5.69. The van der Waals surface area contributed by atoms with Gasteiger partial charge in [-0.25, -0.2) is 4.79 Å². The third-order valence-electron chi connectivity index (χ3n) is 5.49. The van der Waals surface area contributed by atoms with Gasteiger partial charge < -0.3 is 24.3 Å². The standard InChI is InChI=1S/C24H39N3O5/c1-24(2,3)32-23(28)27-17-20-5-4-6-21(22(20)18-27)19-31-16-15-30-14-13-29-12-11-26-9-7-25-8-10-26/h4-6,25H,7-19H2,1-3H3. The Morgan fingerprint density at radius 2 is 1.66 bits per heavy atom. The molecular formula is C24H39N3O5. The van der Waals surface area contributed by atoms with Crippen molar-refractivity contribution in [3.8, 4) is 0 Å². The maximum atomic E-state index is 12.4. The van der Waals surface area contributed by atoms with Gasteiger partial charge in [0.1, 0.15) is 5.60 Å². The van der Waals surface area contributed by atoms with Crippen molar-refractivity contribution < 1.29 is 23.7 Å². The van der Waals surface area contributed by atoms with Crippen LogP contribution in [0.4, 0.5) is 4.79 Å². The molecule has 2 aliphatic heterocycles. The molecule has 0 aliphatic carbocycles. The molecule has 3 rings (SSSR count). The van der Waals surface area contributed by atoms with Crippen LogP contribution < -0.4 is 5.32 Å². The highest BCUT2D eigenvalue weighted by Crippen LogP contribution is 2.28. The Hall–Kier alpha value is -1.71. The number of nitrogens with zero attached hydrogens (tertiary/aromatic N) is 2. The van der Waals surface area contributed by atoms with E-state index in [1.165, 1.54) is 0 Å². The van der Waals surface area contributed by atoms with Crippen LogP contribution in [0.15, 0.2) is 18.2 Å². The lowest BCUT2D eigenvalue weighted by atomic mass is 10.0. The van der Waals surface area contributed by atoms with Crippen LogP contribution in [-0.4, -0.2) is 87.3 Å². The van der Waals surface area contributed by atoms with E-state index in [4.69, 9.17) is 18.9 Å². The molecule has 1 aromatic rings. The van der Waals surface area contributed by atoms with Gasteiger partial charge in [-0.3, -0.25) is 9.80 Å². The Kier molecular flexibility index (Phi) is 9.74. The van der Waals surface area contributed by atoms with E-state index in [2.05, 4.69) is 22.3 Å². The minimum absolute atomic E-state index is 0.274. The van der Waals surface area contributed by atoms with Crippen molar-refractivity contribution in [2.45, 2.75) is 46.1 Å². The van der Waals surface area contributed by atoms with Crippen LogP contribution in [-0.2, 0) is 38.6 Å². The minimum atomic E-state index is -0.492. The highest BCUT2D eigenvalue weighted by Gasteiger charge is 2.28. The molecule has 2 heterocycles. The molecule has 0 atom stereocenters. The van der Waals surface area contributed by atoms with E-state index in [1.54, 1.807) is 4.90 Å². The molecule has 1 fully saturated rings. The summed E-state index contributed by atoms with van der Waals surface area (Å²) < 4.78 is 22.6. The Morgan fingerprint density at radius 3 is 2.38 bits per heavy atom. The van der Waals surface area contributed by atoms with E-state index in [0.717, 1.165) is 56.0 Å². The Labute approximate surface area is 192 Å². The largest absolute Gasteiger partial charge is 0.444 e. The van der Waals surface area contributed by atoms with Gasteiger partial charge in [0.25, 0.3) is 0 Å². The Balaban J connectivity index is 1.26. The average molecular weight is 450 g/mol. The van der Waals surface area contributed by atoms with Crippen molar-refractivity contribution in [2.75, 3.05) is 65.8 Å². The van der Waals surface area contributed by atoms with Crippen molar-refractivity contribution in [1.82, 2.24) is 15.1 Å². The summed E-state index contributed by atoms with van der Waals surface area (Å²) in [6.45, 7) is 15.6. The van der Waals surface area contributed by atoms with E-state index in [-0.39, 0.29) is 6.09 Å². The smallest absolute Gasteiger partial charge is 0.410 e. The van der Waals surface area contributed by atoms with Gasteiger partial charge in [0.2, 0.25) is 0 Å².